The minimum atomic E-state index is -0.588. The molecule has 1 N–H and O–H groups in total. The summed E-state index contributed by atoms with van der Waals surface area (Å²) in [6, 6.07) is 12.5. The first-order valence-corrected chi connectivity index (χ1v) is 9.41. The Morgan fingerprint density at radius 2 is 1.65 bits per heavy atom. The summed E-state index contributed by atoms with van der Waals surface area (Å²) >= 11 is 0. The summed E-state index contributed by atoms with van der Waals surface area (Å²) in [5, 5.41) is 2.88. The lowest BCUT2D eigenvalue weighted by Gasteiger charge is -2.29. The molecule has 5 heteroatoms. The molecule has 2 aromatic rings. The van der Waals surface area contributed by atoms with E-state index in [1.807, 2.05) is 35.2 Å². The highest BCUT2D eigenvalue weighted by Gasteiger charge is 2.27. The fourth-order valence-electron chi connectivity index (χ4n) is 3.38. The van der Waals surface area contributed by atoms with Crippen LogP contribution in [0.4, 0.5) is 0 Å². The number of carbonyl (C=O) groups is 2. The van der Waals surface area contributed by atoms with Crippen LogP contribution in [0.5, 0.6) is 0 Å². The van der Waals surface area contributed by atoms with E-state index in [2.05, 4.69) is 5.32 Å². The molecule has 1 aromatic heterocycles. The predicted molar refractivity (Wildman–Crippen MR) is 99.8 cm³/mol. The lowest BCUT2D eigenvalue weighted by molar-refractivity contribution is -0.133. The molecule has 1 saturated heterocycles. The van der Waals surface area contributed by atoms with E-state index in [1.165, 1.54) is 12.7 Å². The van der Waals surface area contributed by atoms with Gasteiger partial charge >= 0.3 is 0 Å². The zero-order valence-electron chi connectivity index (χ0n) is 15.0. The molecule has 2 amide bonds. The first-order valence-electron chi connectivity index (χ1n) is 9.41. The third-order valence-electron chi connectivity index (χ3n) is 4.80. The Morgan fingerprint density at radius 1 is 0.962 bits per heavy atom. The van der Waals surface area contributed by atoms with Crippen LogP contribution in [-0.4, -0.2) is 35.8 Å². The van der Waals surface area contributed by atoms with E-state index in [4.69, 9.17) is 4.42 Å². The molecule has 2 heterocycles. The van der Waals surface area contributed by atoms with Crippen LogP contribution in [-0.2, 0) is 11.2 Å². The molecular formula is C21H26N2O3. The van der Waals surface area contributed by atoms with Crippen molar-refractivity contribution in [2.24, 2.45) is 0 Å². The molecule has 1 aliphatic heterocycles. The average molecular weight is 354 g/mol. The van der Waals surface area contributed by atoms with Gasteiger partial charge in [0.15, 0.2) is 5.76 Å². The second-order valence-electron chi connectivity index (χ2n) is 6.79. The van der Waals surface area contributed by atoms with Crippen LogP contribution in [0.2, 0.25) is 0 Å². The summed E-state index contributed by atoms with van der Waals surface area (Å²) in [6.07, 6.45) is 7.54. The highest BCUT2D eigenvalue weighted by atomic mass is 16.3. The number of hydrogen-bond donors (Lipinski definition) is 1. The van der Waals surface area contributed by atoms with Gasteiger partial charge in [0.1, 0.15) is 6.04 Å². The van der Waals surface area contributed by atoms with Gasteiger partial charge in [-0.3, -0.25) is 9.59 Å². The molecule has 0 aliphatic carbocycles. The zero-order valence-corrected chi connectivity index (χ0v) is 15.0. The van der Waals surface area contributed by atoms with Gasteiger partial charge in [0.05, 0.1) is 6.26 Å². The molecule has 5 nitrogen and oxygen atoms in total. The van der Waals surface area contributed by atoms with Crippen molar-refractivity contribution >= 4 is 11.8 Å². The molecule has 0 bridgehead atoms. The second-order valence-corrected chi connectivity index (χ2v) is 6.79. The Labute approximate surface area is 154 Å². The first-order chi connectivity index (χ1) is 12.7. The van der Waals surface area contributed by atoms with E-state index in [0.29, 0.717) is 6.42 Å². The van der Waals surface area contributed by atoms with Gasteiger partial charge < -0.3 is 14.6 Å². The number of likely N-dealkylation sites (tertiary alicyclic amines) is 1. The lowest BCUT2D eigenvalue weighted by atomic mass is 10.0. The number of benzene rings is 1. The van der Waals surface area contributed by atoms with Crippen LogP contribution in [0.1, 0.15) is 48.2 Å². The number of amides is 2. The Bertz CT molecular complexity index is 689. The van der Waals surface area contributed by atoms with E-state index >= 15 is 0 Å². The Morgan fingerprint density at radius 3 is 2.31 bits per heavy atom. The maximum Gasteiger partial charge on any atom is 0.287 e. The zero-order chi connectivity index (χ0) is 18.2. The third kappa shape index (κ3) is 4.97. The smallest absolute Gasteiger partial charge is 0.287 e. The number of nitrogens with zero attached hydrogens (tertiary/aromatic N) is 1. The standard InChI is InChI=1S/C21H26N2O3/c24-20(19-12-9-15-26-19)22-18(16-17-10-5-4-6-11-17)21(25)23-13-7-2-1-3-8-14-23/h4-6,9-12,15,18H,1-3,7-8,13-14,16H2,(H,22,24). The van der Waals surface area contributed by atoms with E-state index in [-0.39, 0.29) is 17.6 Å². The number of carbonyl (C=O) groups excluding carboxylic acids is 2. The first kappa shape index (κ1) is 18.2. The van der Waals surface area contributed by atoms with Crippen molar-refractivity contribution in [1.82, 2.24) is 10.2 Å². The molecule has 1 aliphatic rings. The summed E-state index contributed by atoms with van der Waals surface area (Å²) in [6.45, 7) is 1.53. The maximum atomic E-state index is 13.2. The SMILES string of the molecule is O=C(NC(Cc1ccccc1)C(=O)N1CCCCCCC1)c1ccco1. The molecule has 0 saturated carbocycles. The van der Waals surface area contributed by atoms with Gasteiger partial charge in [0, 0.05) is 19.5 Å². The van der Waals surface area contributed by atoms with Gasteiger partial charge in [-0.25, -0.2) is 0 Å². The summed E-state index contributed by atoms with van der Waals surface area (Å²) in [4.78, 5) is 27.5. The molecular weight excluding hydrogens is 328 g/mol. The fourth-order valence-corrected chi connectivity index (χ4v) is 3.38. The Kier molecular flexibility index (Phi) is 6.47. The number of rotatable bonds is 5. The van der Waals surface area contributed by atoms with Gasteiger partial charge in [-0.2, -0.15) is 0 Å². The summed E-state index contributed by atoms with van der Waals surface area (Å²) in [5.41, 5.74) is 1.03. The van der Waals surface area contributed by atoms with Crippen molar-refractivity contribution in [3.63, 3.8) is 0 Å². The van der Waals surface area contributed by atoms with Crippen molar-refractivity contribution < 1.29 is 14.0 Å². The number of nitrogens with one attached hydrogen (secondary N) is 1. The molecule has 0 spiro atoms. The molecule has 1 aromatic carbocycles. The summed E-state index contributed by atoms with van der Waals surface area (Å²) < 4.78 is 5.17. The van der Waals surface area contributed by atoms with E-state index in [0.717, 1.165) is 44.3 Å². The third-order valence-corrected chi connectivity index (χ3v) is 4.80. The van der Waals surface area contributed by atoms with Gasteiger partial charge in [-0.05, 0) is 30.5 Å². The van der Waals surface area contributed by atoms with Crippen LogP contribution in [0.15, 0.2) is 53.1 Å². The van der Waals surface area contributed by atoms with Crippen molar-refractivity contribution in [2.45, 2.75) is 44.6 Å². The second kappa shape index (κ2) is 9.22. The molecule has 1 unspecified atom stereocenters. The fraction of sp³-hybridized carbons (Fsp3) is 0.429. The van der Waals surface area contributed by atoms with Crippen LogP contribution < -0.4 is 5.32 Å². The number of hydrogen-bond acceptors (Lipinski definition) is 3. The van der Waals surface area contributed by atoms with Crippen LogP contribution in [0.3, 0.4) is 0 Å². The highest BCUT2D eigenvalue weighted by molar-refractivity contribution is 5.95. The van der Waals surface area contributed by atoms with E-state index in [9.17, 15) is 9.59 Å². The summed E-state index contributed by atoms with van der Waals surface area (Å²) in [5.74, 6) is -0.129. The summed E-state index contributed by atoms with van der Waals surface area (Å²) in [7, 11) is 0. The minimum Gasteiger partial charge on any atom is -0.459 e. The average Bonchev–Trinajstić information content (AvgIpc) is 3.16. The number of furan rings is 1. The van der Waals surface area contributed by atoms with E-state index < -0.39 is 6.04 Å². The lowest BCUT2D eigenvalue weighted by Crippen LogP contribution is -2.50. The van der Waals surface area contributed by atoms with Crippen LogP contribution in [0, 0.1) is 0 Å². The van der Waals surface area contributed by atoms with E-state index in [1.54, 1.807) is 12.1 Å². The highest BCUT2D eigenvalue weighted by Crippen LogP contribution is 2.14. The maximum absolute atomic E-state index is 13.2. The topological polar surface area (TPSA) is 62.6 Å². The molecule has 1 fully saturated rings. The van der Waals surface area contributed by atoms with Gasteiger partial charge in [0.25, 0.3) is 5.91 Å². The molecule has 1 atom stereocenters. The monoisotopic (exact) mass is 354 g/mol. The predicted octanol–water partition coefficient (Wildman–Crippen LogP) is 3.41. The minimum absolute atomic E-state index is 0.00402. The molecule has 0 radical (unpaired) electrons. The quantitative estimate of drug-likeness (QED) is 0.895. The van der Waals surface area contributed by atoms with Gasteiger partial charge in [0.2, 0.25) is 5.91 Å². The molecule has 26 heavy (non-hydrogen) atoms. The molecule has 3 rings (SSSR count). The molecule has 138 valence electrons. The van der Waals surface area contributed by atoms with Crippen molar-refractivity contribution in [1.29, 1.82) is 0 Å². The van der Waals surface area contributed by atoms with Crippen LogP contribution >= 0.6 is 0 Å². The van der Waals surface area contributed by atoms with Crippen LogP contribution in [0.25, 0.3) is 0 Å². The van der Waals surface area contributed by atoms with Gasteiger partial charge in [-0.15, -0.1) is 0 Å². The largest absolute Gasteiger partial charge is 0.459 e. The van der Waals surface area contributed by atoms with Crippen molar-refractivity contribution in [3.8, 4) is 0 Å². The van der Waals surface area contributed by atoms with Crippen molar-refractivity contribution in [2.75, 3.05) is 13.1 Å². The Hall–Kier alpha value is -2.56. The van der Waals surface area contributed by atoms with Gasteiger partial charge in [-0.1, -0.05) is 49.6 Å². The van der Waals surface area contributed by atoms with Crippen molar-refractivity contribution in [3.05, 3.63) is 60.1 Å². The normalized spacial score (nSPS) is 16.4. The Balaban J connectivity index is 1.74.